The van der Waals surface area contributed by atoms with Crippen molar-refractivity contribution in [3.8, 4) is 0 Å². The SMILES string of the molecule is CC1CS(=O)(=O)CCN1C(=O)N1CCCC1C(=O)O. The molecule has 0 aromatic rings. The van der Waals surface area contributed by atoms with Gasteiger partial charge in [0.1, 0.15) is 6.04 Å². The zero-order chi connectivity index (χ0) is 14.2. The second-order valence-electron chi connectivity index (χ2n) is 5.13. The molecule has 0 bridgehead atoms. The summed E-state index contributed by atoms with van der Waals surface area (Å²) in [4.78, 5) is 26.2. The Morgan fingerprint density at radius 1 is 1.21 bits per heavy atom. The third-order valence-corrected chi connectivity index (χ3v) is 5.49. The number of carboxylic acid groups (broad SMARTS) is 1. The molecule has 2 fully saturated rings. The van der Waals surface area contributed by atoms with Gasteiger partial charge >= 0.3 is 12.0 Å². The summed E-state index contributed by atoms with van der Waals surface area (Å²) in [6.45, 7) is 2.25. The molecule has 7 nitrogen and oxygen atoms in total. The van der Waals surface area contributed by atoms with Gasteiger partial charge in [0.2, 0.25) is 0 Å². The number of urea groups is 1. The first kappa shape index (κ1) is 14.1. The normalized spacial score (nSPS) is 30.4. The molecule has 2 aliphatic heterocycles. The van der Waals surface area contributed by atoms with Gasteiger partial charge in [-0.25, -0.2) is 18.0 Å². The molecule has 1 N–H and O–H groups in total. The molecule has 2 rings (SSSR count). The standard InChI is InChI=1S/C11H18N2O5S/c1-8-7-19(17,18)6-5-12(8)11(16)13-4-2-3-9(13)10(14)15/h8-9H,2-7H2,1H3,(H,14,15). The van der Waals surface area contributed by atoms with Crippen molar-refractivity contribution in [3.05, 3.63) is 0 Å². The molecule has 0 radical (unpaired) electrons. The van der Waals surface area contributed by atoms with Gasteiger partial charge in [-0.1, -0.05) is 0 Å². The number of carboxylic acids is 1. The Balaban J connectivity index is 2.10. The highest BCUT2D eigenvalue weighted by molar-refractivity contribution is 7.91. The van der Waals surface area contributed by atoms with Crippen LogP contribution in [0.3, 0.4) is 0 Å². The number of hydrogen-bond acceptors (Lipinski definition) is 4. The number of hydrogen-bond donors (Lipinski definition) is 1. The topological polar surface area (TPSA) is 95.0 Å². The molecule has 2 atom stereocenters. The van der Waals surface area contributed by atoms with E-state index < -0.39 is 27.9 Å². The van der Waals surface area contributed by atoms with Crippen molar-refractivity contribution in [2.75, 3.05) is 24.6 Å². The summed E-state index contributed by atoms with van der Waals surface area (Å²) in [6, 6.07) is -1.54. The molecule has 2 saturated heterocycles. The Hall–Kier alpha value is -1.31. The minimum absolute atomic E-state index is 0.0470. The first-order valence-electron chi connectivity index (χ1n) is 6.32. The van der Waals surface area contributed by atoms with E-state index in [1.54, 1.807) is 6.92 Å². The van der Waals surface area contributed by atoms with Crippen molar-refractivity contribution in [1.82, 2.24) is 9.80 Å². The van der Waals surface area contributed by atoms with Crippen LogP contribution in [-0.2, 0) is 14.6 Å². The number of aliphatic carboxylic acids is 1. The fraction of sp³-hybridized carbons (Fsp3) is 0.818. The Morgan fingerprint density at radius 2 is 1.89 bits per heavy atom. The molecule has 108 valence electrons. The average Bonchev–Trinajstić information content (AvgIpc) is 2.75. The maximum Gasteiger partial charge on any atom is 0.326 e. The van der Waals surface area contributed by atoms with Gasteiger partial charge in [-0.05, 0) is 19.8 Å². The van der Waals surface area contributed by atoms with Gasteiger partial charge in [0.15, 0.2) is 9.84 Å². The Bertz CT molecular complexity index is 489. The highest BCUT2D eigenvalue weighted by atomic mass is 32.2. The second kappa shape index (κ2) is 4.99. The second-order valence-corrected chi connectivity index (χ2v) is 7.36. The predicted octanol–water partition coefficient (Wildman–Crippen LogP) is -0.226. The van der Waals surface area contributed by atoms with E-state index >= 15 is 0 Å². The van der Waals surface area contributed by atoms with Gasteiger partial charge < -0.3 is 14.9 Å². The van der Waals surface area contributed by atoms with Crippen LogP contribution in [0.1, 0.15) is 19.8 Å². The van der Waals surface area contributed by atoms with Gasteiger partial charge in [0.25, 0.3) is 0 Å². The van der Waals surface area contributed by atoms with Crippen LogP contribution >= 0.6 is 0 Å². The van der Waals surface area contributed by atoms with Crippen LogP contribution in [0.25, 0.3) is 0 Å². The zero-order valence-corrected chi connectivity index (χ0v) is 11.6. The van der Waals surface area contributed by atoms with Crippen molar-refractivity contribution in [1.29, 1.82) is 0 Å². The first-order chi connectivity index (χ1) is 8.82. The lowest BCUT2D eigenvalue weighted by Gasteiger charge is -2.37. The number of carbonyl (C=O) groups excluding carboxylic acids is 1. The van der Waals surface area contributed by atoms with Crippen LogP contribution in [0.2, 0.25) is 0 Å². The maximum absolute atomic E-state index is 12.3. The summed E-state index contributed by atoms with van der Waals surface area (Å²) in [5.41, 5.74) is 0. The van der Waals surface area contributed by atoms with Crippen LogP contribution in [-0.4, -0.2) is 72.0 Å². The molecule has 2 heterocycles. The van der Waals surface area contributed by atoms with Crippen molar-refractivity contribution in [3.63, 3.8) is 0 Å². The Morgan fingerprint density at radius 3 is 2.47 bits per heavy atom. The lowest BCUT2D eigenvalue weighted by molar-refractivity contribution is -0.141. The third-order valence-electron chi connectivity index (χ3n) is 3.70. The minimum atomic E-state index is -3.08. The number of nitrogens with zero attached hydrogens (tertiary/aromatic N) is 2. The van der Waals surface area contributed by atoms with Gasteiger partial charge in [-0.15, -0.1) is 0 Å². The maximum atomic E-state index is 12.3. The molecular formula is C11H18N2O5S. The highest BCUT2D eigenvalue weighted by Gasteiger charge is 2.39. The van der Waals surface area contributed by atoms with Crippen molar-refractivity contribution in [2.24, 2.45) is 0 Å². The summed E-state index contributed by atoms with van der Waals surface area (Å²) in [5, 5.41) is 9.07. The van der Waals surface area contributed by atoms with E-state index in [2.05, 4.69) is 0 Å². The van der Waals surface area contributed by atoms with Crippen LogP contribution in [0.4, 0.5) is 4.79 Å². The molecule has 0 aromatic carbocycles. The van der Waals surface area contributed by atoms with Crippen molar-refractivity contribution in [2.45, 2.75) is 31.8 Å². The van der Waals surface area contributed by atoms with Gasteiger partial charge in [-0.3, -0.25) is 0 Å². The lowest BCUT2D eigenvalue weighted by atomic mass is 10.2. The van der Waals surface area contributed by atoms with Crippen LogP contribution < -0.4 is 0 Å². The van der Waals surface area contributed by atoms with Crippen LogP contribution in [0.15, 0.2) is 0 Å². The fourth-order valence-electron chi connectivity index (χ4n) is 2.70. The predicted molar refractivity (Wildman–Crippen MR) is 67.6 cm³/mol. The fourth-order valence-corrected chi connectivity index (χ4v) is 4.26. The minimum Gasteiger partial charge on any atom is -0.480 e. The number of likely N-dealkylation sites (tertiary alicyclic amines) is 1. The van der Waals surface area contributed by atoms with E-state index in [9.17, 15) is 18.0 Å². The number of amides is 2. The Labute approximate surface area is 112 Å². The van der Waals surface area contributed by atoms with Crippen LogP contribution in [0, 0.1) is 0 Å². The average molecular weight is 290 g/mol. The number of carbonyl (C=O) groups is 2. The molecule has 2 aliphatic rings. The summed E-state index contributed by atoms with van der Waals surface area (Å²) < 4.78 is 23.0. The zero-order valence-electron chi connectivity index (χ0n) is 10.8. The highest BCUT2D eigenvalue weighted by Crippen LogP contribution is 2.22. The molecule has 0 spiro atoms. The summed E-state index contributed by atoms with van der Waals surface area (Å²) >= 11 is 0. The molecule has 8 heteroatoms. The largest absolute Gasteiger partial charge is 0.480 e. The van der Waals surface area contributed by atoms with Crippen LogP contribution in [0.5, 0.6) is 0 Å². The third kappa shape index (κ3) is 2.83. The summed E-state index contributed by atoms with van der Waals surface area (Å²) in [6.07, 6.45) is 1.13. The molecule has 19 heavy (non-hydrogen) atoms. The summed E-state index contributed by atoms with van der Waals surface area (Å²) in [7, 11) is -3.08. The lowest BCUT2D eigenvalue weighted by Crippen LogP contribution is -2.56. The summed E-state index contributed by atoms with van der Waals surface area (Å²) in [5.74, 6) is -1.10. The smallest absolute Gasteiger partial charge is 0.326 e. The molecule has 2 amide bonds. The Kier molecular flexibility index (Phi) is 3.71. The molecule has 0 aliphatic carbocycles. The van der Waals surface area contributed by atoms with Gasteiger partial charge in [0, 0.05) is 19.1 Å². The molecule has 0 saturated carbocycles. The van der Waals surface area contributed by atoms with E-state index in [0.29, 0.717) is 19.4 Å². The van der Waals surface area contributed by atoms with E-state index in [-0.39, 0.29) is 24.1 Å². The van der Waals surface area contributed by atoms with E-state index in [1.165, 1.54) is 9.80 Å². The van der Waals surface area contributed by atoms with Gasteiger partial charge in [0.05, 0.1) is 11.5 Å². The number of sulfone groups is 1. The van der Waals surface area contributed by atoms with Gasteiger partial charge in [-0.2, -0.15) is 0 Å². The number of rotatable bonds is 1. The first-order valence-corrected chi connectivity index (χ1v) is 8.14. The van der Waals surface area contributed by atoms with E-state index in [0.717, 1.165) is 0 Å². The van der Waals surface area contributed by atoms with Crippen molar-refractivity contribution < 1.29 is 23.1 Å². The molecule has 2 unspecified atom stereocenters. The van der Waals surface area contributed by atoms with E-state index in [4.69, 9.17) is 5.11 Å². The monoisotopic (exact) mass is 290 g/mol. The molecule has 0 aromatic heterocycles. The van der Waals surface area contributed by atoms with Crippen molar-refractivity contribution >= 4 is 21.8 Å². The molecular weight excluding hydrogens is 272 g/mol. The quantitative estimate of drug-likeness (QED) is 0.720. The van der Waals surface area contributed by atoms with E-state index in [1.807, 2.05) is 0 Å².